The van der Waals surface area contributed by atoms with Crippen molar-refractivity contribution in [3.8, 4) is 6.07 Å². The molecule has 1 unspecified atom stereocenters. The van der Waals surface area contributed by atoms with Crippen molar-refractivity contribution in [1.29, 1.82) is 5.26 Å². The number of hydrogen-bond donors (Lipinski definition) is 1. The van der Waals surface area contributed by atoms with E-state index in [1.54, 1.807) is 42.9 Å². The van der Waals surface area contributed by atoms with Crippen LogP contribution >= 0.6 is 0 Å². The van der Waals surface area contributed by atoms with Gasteiger partial charge in [-0.3, -0.25) is 14.4 Å². The Morgan fingerprint density at radius 2 is 1.60 bits per heavy atom. The lowest BCUT2D eigenvalue weighted by Crippen LogP contribution is -2.42. The zero-order chi connectivity index (χ0) is 32.3. The second kappa shape index (κ2) is 13.2. The van der Waals surface area contributed by atoms with Gasteiger partial charge in [0.1, 0.15) is 11.5 Å². The van der Waals surface area contributed by atoms with Gasteiger partial charge in [-0.15, -0.1) is 10.2 Å². The molecule has 11 heteroatoms. The van der Waals surface area contributed by atoms with Crippen LogP contribution in [0, 0.1) is 11.3 Å². The average molecular weight is 612 g/mol. The van der Waals surface area contributed by atoms with E-state index in [1.165, 1.54) is 0 Å². The van der Waals surface area contributed by atoms with Crippen molar-refractivity contribution in [2.45, 2.75) is 56.9 Å². The first kappa shape index (κ1) is 31.9. The van der Waals surface area contributed by atoms with Gasteiger partial charge in [-0.2, -0.15) is 5.26 Å². The molecule has 2 aliphatic rings. The lowest BCUT2D eigenvalue weighted by atomic mass is 9.69. The minimum absolute atomic E-state index is 0.0900. The molecule has 0 bridgehead atoms. The van der Waals surface area contributed by atoms with Crippen LogP contribution in [0.1, 0.15) is 80.9 Å². The van der Waals surface area contributed by atoms with Gasteiger partial charge in [0.2, 0.25) is 17.7 Å². The molecule has 2 aromatic carbocycles. The van der Waals surface area contributed by atoms with Crippen LogP contribution in [0.2, 0.25) is 0 Å². The molecule has 1 fully saturated rings. The molecule has 0 saturated carbocycles. The Balaban J connectivity index is 1.61. The number of amides is 3. The molecule has 1 saturated heterocycles. The molecule has 236 valence electrons. The molecule has 0 spiro atoms. The molecular formula is C34H41N7O4. The fraction of sp³-hybridized carbons (Fsp3) is 0.471. The van der Waals surface area contributed by atoms with E-state index >= 15 is 0 Å². The second-order valence-electron chi connectivity index (χ2n) is 12.2. The maximum absolute atomic E-state index is 13.0. The standard InChI is InChI=1S/C34H41N7O4/c1-6-29-37-38-33(45-29)34(15-16-36-21-30(42)41-17-7-8-26(41)20-35)27-13-11-24(31(43)39(2)3)18-22(27)9-10-23-19-25(12-14-28(23)34)32(44)40(4)5/h11-14,18-19,26,36H,6-10,15-17,21H2,1-5H3. The minimum Gasteiger partial charge on any atom is -0.424 e. The first-order valence-electron chi connectivity index (χ1n) is 15.5. The lowest BCUT2D eigenvalue weighted by Gasteiger charge is -2.34. The number of fused-ring (bicyclic) bond motifs is 2. The van der Waals surface area contributed by atoms with Crippen molar-refractivity contribution >= 4 is 17.7 Å². The third kappa shape index (κ3) is 6.07. The summed E-state index contributed by atoms with van der Waals surface area (Å²) in [5.41, 5.74) is 4.13. The van der Waals surface area contributed by atoms with Crippen LogP contribution in [0.3, 0.4) is 0 Å². The van der Waals surface area contributed by atoms with E-state index in [1.807, 2.05) is 43.3 Å². The van der Waals surface area contributed by atoms with Gasteiger partial charge < -0.3 is 24.4 Å². The maximum Gasteiger partial charge on any atom is 0.253 e. The van der Waals surface area contributed by atoms with Crippen LogP contribution < -0.4 is 5.32 Å². The number of hydrogen-bond acceptors (Lipinski definition) is 8. The first-order chi connectivity index (χ1) is 21.6. The molecule has 5 rings (SSSR count). The highest BCUT2D eigenvalue weighted by Gasteiger charge is 2.45. The number of nitriles is 1. The number of benzene rings is 2. The number of aromatic nitrogens is 2. The Morgan fingerprint density at radius 1 is 1.00 bits per heavy atom. The molecular weight excluding hydrogens is 570 g/mol. The zero-order valence-corrected chi connectivity index (χ0v) is 26.7. The molecule has 1 aliphatic carbocycles. The summed E-state index contributed by atoms with van der Waals surface area (Å²) in [7, 11) is 6.93. The molecule has 0 radical (unpaired) electrons. The number of carbonyl (C=O) groups is 3. The lowest BCUT2D eigenvalue weighted by molar-refractivity contribution is -0.130. The van der Waals surface area contributed by atoms with E-state index in [2.05, 4.69) is 21.6 Å². The number of aryl methyl sites for hydroxylation is 3. The Hall–Kier alpha value is -4.56. The van der Waals surface area contributed by atoms with Gasteiger partial charge in [-0.25, -0.2) is 0 Å². The monoisotopic (exact) mass is 611 g/mol. The summed E-state index contributed by atoms with van der Waals surface area (Å²) in [4.78, 5) is 43.8. The zero-order valence-electron chi connectivity index (χ0n) is 26.7. The van der Waals surface area contributed by atoms with Crippen molar-refractivity contribution in [2.75, 3.05) is 47.8 Å². The van der Waals surface area contributed by atoms with Crippen molar-refractivity contribution in [2.24, 2.45) is 0 Å². The Kier molecular flexibility index (Phi) is 9.34. The van der Waals surface area contributed by atoms with Crippen LogP contribution in [0.15, 0.2) is 40.8 Å². The fourth-order valence-corrected chi connectivity index (χ4v) is 6.58. The molecule has 1 aromatic heterocycles. The highest BCUT2D eigenvalue weighted by atomic mass is 16.4. The summed E-state index contributed by atoms with van der Waals surface area (Å²) in [6, 6.07) is 13.4. The fourth-order valence-electron chi connectivity index (χ4n) is 6.58. The smallest absolute Gasteiger partial charge is 0.253 e. The molecule has 1 atom stereocenters. The predicted octanol–water partition coefficient (Wildman–Crippen LogP) is 2.96. The summed E-state index contributed by atoms with van der Waals surface area (Å²) in [6.45, 7) is 3.07. The maximum atomic E-state index is 13.0. The molecule has 11 nitrogen and oxygen atoms in total. The van der Waals surface area contributed by atoms with Crippen LogP contribution in [-0.2, 0) is 29.5 Å². The van der Waals surface area contributed by atoms with E-state index < -0.39 is 5.41 Å². The predicted molar refractivity (Wildman–Crippen MR) is 168 cm³/mol. The number of carbonyl (C=O) groups excluding carboxylic acids is 3. The van der Waals surface area contributed by atoms with E-state index in [9.17, 15) is 19.6 Å². The third-order valence-corrected chi connectivity index (χ3v) is 8.91. The van der Waals surface area contributed by atoms with Gasteiger partial charge in [0.15, 0.2) is 0 Å². The van der Waals surface area contributed by atoms with Gasteiger partial charge in [-0.05, 0) is 85.2 Å². The molecule has 3 amide bonds. The summed E-state index contributed by atoms with van der Waals surface area (Å²) in [5, 5.41) is 21.7. The molecule has 3 aromatic rings. The van der Waals surface area contributed by atoms with Crippen LogP contribution in [0.5, 0.6) is 0 Å². The van der Waals surface area contributed by atoms with Gasteiger partial charge in [-0.1, -0.05) is 19.1 Å². The van der Waals surface area contributed by atoms with E-state index in [-0.39, 0.29) is 30.3 Å². The average Bonchev–Trinajstić information content (AvgIpc) is 3.71. The number of nitrogens with zero attached hydrogens (tertiary/aromatic N) is 6. The van der Waals surface area contributed by atoms with Crippen molar-refractivity contribution < 1.29 is 18.8 Å². The van der Waals surface area contributed by atoms with Gasteiger partial charge in [0.05, 0.1) is 12.6 Å². The summed E-state index contributed by atoms with van der Waals surface area (Å²) in [5.74, 6) is 0.662. The highest BCUT2D eigenvalue weighted by Crippen LogP contribution is 2.47. The largest absolute Gasteiger partial charge is 0.424 e. The van der Waals surface area contributed by atoms with Crippen LogP contribution in [0.4, 0.5) is 0 Å². The van der Waals surface area contributed by atoms with E-state index in [0.29, 0.717) is 68.1 Å². The number of rotatable bonds is 9. The molecule has 1 N–H and O–H groups in total. The van der Waals surface area contributed by atoms with E-state index in [0.717, 1.165) is 28.7 Å². The first-order valence-corrected chi connectivity index (χ1v) is 15.5. The van der Waals surface area contributed by atoms with Crippen LogP contribution in [-0.4, -0.2) is 96.5 Å². The minimum atomic E-state index is -0.917. The second-order valence-corrected chi connectivity index (χ2v) is 12.2. The van der Waals surface area contributed by atoms with E-state index in [4.69, 9.17) is 4.42 Å². The third-order valence-electron chi connectivity index (χ3n) is 8.91. The van der Waals surface area contributed by atoms with Gasteiger partial charge in [0, 0.05) is 52.3 Å². The summed E-state index contributed by atoms with van der Waals surface area (Å²) >= 11 is 0. The Morgan fingerprint density at radius 3 is 2.11 bits per heavy atom. The molecule has 2 heterocycles. The quantitative estimate of drug-likeness (QED) is 0.365. The van der Waals surface area contributed by atoms with Gasteiger partial charge >= 0.3 is 0 Å². The van der Waals surface area contributed by atoms with Crippen molar-refractivity contribution in [3.05, 3.63) is 81.6 Å². The molecule has 1 aliphatic heterocycles. The van der Waals surface area contributed by atoms with Gasteiger partial charge in [0.25, 0.3) is 11.8 Å². The summed E-state index contributed by atoms with van der Waals surface area (Å²) in [6.07, 6.45) is 3.85. The Labute approximate surface area is 264 Å². The van der Waals surface area contributed by atoms with Crippen molar-refractivity contribution in [3.63, 3.8) is 0 Å². The SMILES string of the molecule is CCc1nnc(C2(CCNCC(=O)N3CCCC3C#N)c3ccc(C(=O)N(C)C)cc3CCc3cc(C(=O)N(C)C)ccc32)o1. The van der Waals surface area contributed by atoms with Crippen molar-refractivity contribution in [1.82, 2.24) is 30.2 Å². The topological polar surface area (TPSA) is 136 Å². The summed E-state index contributed by atoms with van der Waals surface area (Å²) < 4.78 is 6.35. The number of likely N-dealkylation sites (tertiary alicyclic amines) is 1. The Bertz CT molecular complexity index is 1570. The normalized spacial score (nSPS) is 16.7. The van der Waals surface area contributed by atoms with Crippen LogP contribution in [0.25, 0.3) is 0 Å². The highest BCUT2D eigenvalue weighted by molar-refractivity contribution is 5.95. The number of nitrogens with one attached hydrogen (secondary N) is 1. The molecule has 45 heavy (non-hydrogen) atoms.